The van der Waals surface area contributed by atoms with Gasteiger partial charge in [-0.25, -0.2) is 0 Å². The van der Waals surface area contributed by atoms with Crippen molar-refractivity contribution in [3.05, 3.63) is 29.3 Å². The van der Waals surface area contributed by atoms with Gasteiger partial charge in [0.1, 0.15) is 11.4 Å². The molecule has 3 N–H and O–H groups in total. The molecule has 2 aromatic rings. The van der Waals surface area contributed by atoms with Crippen molar-refractivity contribution in [1.82, 2.24) is 5.16 Å². The molecule has 19 heavy (non-hydrogen) atoms. The summed E-state index contributed by atoms with van der Waals surface area (Å²) in [6.45, 7) is 8.30. The van der Waals surface area contributed by atoms with Crippen LogP contribution in [0.15, 0.2) is 22.7 Å². The Hall–Kier alpha value is -1.97. The second-order valence-corrected chi connectivity index (χ2v) is 5.76. The van der Waals surface area contributed by atoms with Crippen LogP contribution in [-0.4, -0.2) is 10.3 Å². The third-order valence-electron chi connectivity index (χ3n) is 3.19. The zero-order valence-corrected chi connectivity index (χ0v) is 11.8. The average Bonchev–Trinajstić information content (AvgIpc) is 2.74. The number of anilines is 1. The molecule has 0 spiro atoms. The van der Waals surface area contributed by atoms with Crippen LogP contribution in [0.1, 0.15) is 38.8 Å². The number of aromatic nitrogens is 1. The van der Waals surface area contributed by atoms with E-state index < -0.39 is 0 Å². The van der Waals surface area contributed by atoms with Crippen molar-refractivity contribution in [3.8, 4) is 17.0 Å². The number of nitrogens with zero attached hydrogens (tertiary/aromatic N) is 1. The lowest BCUT2D eigenvalue weighted by Gasteiger charge is -2.22. The Morgan fingerprint density at radius 3 is 2.42 bits per heavy atom. The standard InChI is InChI=1S/C15H20N2O2/c1-5-9-6-10(12-8-13(16)19-17-12)14(18)11(7-9)15(2,3)4/h6-8,18H,5,16H2,1-4H3. The predicted octanol–water partition coefficient (Wildman–Crippen LogP) is 3.49. The van der Waals surface area contributed by atoms with Crippen LogP contribution in [-0.2, 0) is 11.8 Å². The summed E-state index contributed by atoms with van der Waals surface area (Å²) in [5.41, 5.74) is 8.70. The van der Waals surface area contributed by atoms with Gasteiger partial charge in [-0.15, -0.1) is 0 Å². The van der Waals surface area contributed by atoms with E-state index in [1.165, 1.54) is 0 Å². The zero-order valence-electron chi connectivity index (χ0n) is 11.8. The minimum atomic E-state index is -0.140. The molecule has 0 amide bonds. The first kappa shape index (κ1) is 13.5. The van der Waals surface area contributed by atoms with Crippen LogP contribution in [0, 0.1) is 0 Å². The largest absolute Gasteiger partial charge is 0.507 e. The minimum absolute atomic E-state index is 0.140. The number of nitrogen functional groups attached to an aromatic ring is 1. The Balaban J connectivity index is 2.67. The molecule has 0 fully saturated rings. The molecule has 0 atom stereocenters. The summed E-state index contributed by atoms with van der Waals surface area (Å²) >= 11 is 0. The summed E-state index contributed by atoms with van der Waals surface area (Å²) in [5.74, 6) is 0.492. The lowest BCUT2D eigenvalue weighted by Crippen LogP contribution is -2.12. The molecule has 0 aliphatic rings. The Bertz CT molecular complexity index is 595. The van der Waals surface area contributed by atoms with E-state index in [1.54, 1.807) is 6.07 Å². The van der Waals surface area contributed by atoms with Gasteiger partial charge in [-0.05, 0) is 23.5 Å². The van der Waals surface area contributed by atoms with Crippen LogP contribution >= 0.6 is 0 Å². The number of rotatable bonds is 2. The van der Waals surface area contributed by atoms with E-state index in [-0.39, 0.29) is 17.0 Å². The number of aryl methyl sites for hydroxylation is 1. The van der Waals surface area contributed by atoms with Gasteiger partial charge in [0.25, 0.3) is 0 Å². The number of nitrogens with two attached hydrogens (primary N) is 1. The topological polar surface area (TPSA) is 72.3 Å². The summed E-state index contributed by atoms with van der Waals surface area (Å²) < 4.78 is 4.89. The molecule has 1 aromatic carbocycles. The van der Waals surface area contributed by atoms with Crippen LogP contribution in [0.4, 0.5) is 5.88 Å². The van der Waals surface area contributed by atoms with Gasteiger partial charge >= 0.3 is 0 Å². The lowest BCUT2D eigenvalue weighted by molar-refractivity contribution is 0.434. The van der Waals surface area contributed by atoms with Gasteiger partial charge in [0.15, 0.2) is 0 Å². The van der Waals surface area contributed by atoms with Gasteiger partial charge in [0, 0.05) is 17.2 Å². The summed E-state index contributed by atoms with van der Waals surface area (Å²) in [5, 5.41) is 14.4. The van der Waals surface area contributed by atoms with Crippen molar-refractivity contribution in [3.63, 3.8) is 0 Å². The molecule has 1 aromatic heterocycles. The fraction of sp³-hybridized carbons (Fsp3) is 0.400. The first-order valence-corrected chi connectivity index (χ1v) is 6.42. The molecule has 1 heterocycles. The highest BCUT2D eigenvalue weighted by Crippen LogP contribution is 2.39. The van der Waals surface area contributed by atoms with E-state index in [2.05, 4.69) is 32.9 Å². The molecule has 0 saturated heterocycles. The zero-order chi connectivity index (χ0) is 14.2. The molecular weight excluding hydrogens is 240 g/mol. The Morgan fingerprint density at radius 2 is 1.95 bits per heavy atom. The maximum absolute atomic E-state index is 10.5. The molecule has 2 rings (SSSR count). The van der Waals surface area contributed by atoms with E-state index >= 15 is 0 Å². The third-order valence-corrected chi connectivity index (χ3v) is 3.19. The van der Waals surface area contributed by atoms with Gasteiger partial charge < -0.3 is 15.4 Å². The number of aromatic hydroxyl groups is 1. The van der Waals surface area contributed by atoms with Crippen molar-refractivity contribution in [1.29, 1.82) is 0 Å². The van der Waals surface area contributed by atoms with Crippen LogP contribution in [0.3, 0.4) is 0 Å². The van der Waals surface area contributed by atoms with Crippen molar-refractivity contribution < 1.29 is 9.63 Å². The van der Waals surface area contributed by atoms with E-state index in [9.17, 15) is 5.11 Å². The van der Waals surface area contributed by atoms with E-state index in [0.29, 0.717) is 11.3 Å². The summed E-state index contributed by atoms with van der Waals surface area (Å²) in [7, 11) is 0. The Labute approximate surface area is 113 Å². The van der Waals surface area contributed by atoms with Crippen molar-refractivity contribution in [2.45, 2.75) is 39.5 Å². The summed E-state index contributed by atoms with van der Waals surface area (Å²) in [4.78, 5) is 0. The molecule has 0 bridgehead atoms. The fourth-order valence-corrected chi connectivity index (χ4v) is 2.08. The number of hydrogen-bond donors (Lipinski definition) is 2. The van der Waals surface area contributed by atoms with Crippen molar-refractivity contribution >= 4 is 5.88 Å². The third kappa shape index (κ3) is 2.57. The molecule has 4 nitrogen and oxygen atoms in total. The SMILES string of the molecule is CCc1cc(-c2cc(N)on2)c(O)c(C(C)(C)C)c1. The highest BCUT2D eigenvalue weighted by Gasteiger charge is 2.22. The Morgan fingerprint density at radius 1 is 1.26 bits per heavy atom. The molecule has 0 saturated carbocycles. The predicted molar refractivity (Wildman–Crippen MR) is 76.1 cm³/mol. The maximum Gasteiger partial charge on any atom is 0.222 e. The van der Waals surface area contributed by atoms with Gasteiger partial charge in [-0.2, -0.15) is 0 Å². The Kier molecular flexibility index (Phi) is 3.27. The number of phenols is 1. The van der Waals surface area contributed by atoms with Crippen LogP contribution < -0.4 is 5.73 Å². The minimum Gasteiger partial charge on any atom is -0.507 e. The monoisotopic (exact) mass is 260 g/mol. The van der Waals surface area contributed by atoms with Gasteiger partial charge in [0.2, 0.25) is 5.88 Å². The van der Waals surface area contributed by atoms with Crippen molar-refractivity contribution in [2.24, 2.45) is 0 Å². The lowest BCUT2D eigenvalue weighted by atomic mass is 9.83. The first-order chi connectivity index (χ1) is 8.82. The van der Waals surface area contributed by atoms with Crippen LogP contribution in [0.2, 0.25) is 0 Å². The smallest absolute Gasteiger partial charge is 0.222 e. The van der Waals surface area contributed by atoms with Gasteiger partial charge in [-0.1, -0.05) is 38.9 Å². The summed E-state index contributed by atoms with van der Waals surface area (Å²) in [6, 6.07) is 5.60. The summed E-state index contributed by atoms with van der Waals surface area (Å²) in [6.07, 6.45) is 0.893. The molecule has 4 heteroatoms. The van der Waals surface area contributed by atoms with E-state index in [0.717, 1.165) is 17.5 Å². The molecule has 0 aliphatic carbocycles. The van der Waals surface area contributed by atoms with Crippen molar-refractivity contribution in [2.75, 3.05) is 5.73 Å². The molecular formula is C15H20N2O2. The first-order valence-electron chi connectivity index (χ1n) is 6.42. The second kappa shape index (κ2) is 4.61. The average molecular weight is 260 g/mol. The van der Waals surface area contributed by atoms with Crippen LogP contribution in [0.5, 0.6) is 5.75 Å². The van der Waals surface area contributed by atoms with Gasteiger partial charge in [0.05, 0.1) is 0 Å². The number of phenolic OH excluding ortho intramolecular Hbond substituents is 1. The van der Waals surface area contributed by atoms with Gasteiger partial charge in [-0.3, -0.25) is 0 Å². The van der Waals surface area contributed by atoms with E-state index in [4.69, 9.17) is 10.3 Å². The van der Waals surface area contributed by atoms with Crippen LogP contribution in [0.25, 0.3) is 11.3 Å². The second-order valence-electron chi connectivity index (χ2n) is 5.76. The molecule has 0 aliphatic heterocycles. The molecule has 102 valence electrons. The number of hydrogen-bond acceptors (Lipinski definition) is 4. The molecule has 0 radical (unpaired) electrons. The quantitative estimate of drug-likeness (QED) is 0.867. The number of benzene rings is 1. The van der Waals surface area contributed by atoms with E-state index in [1.807, 2.05) is 12.1 Å². The highest BCUT2D eigenvalue weighted by molar-refractivity contribution is 5.71. The molecule has 0 unspecified atom stereocenters. The fourth-order valence-electron chi connectivity index (χ4n) is 2.08. The highest BCUT2D eigenvalue weighted by atomic mass is 16.5. The maximum atomic E-state index is 10.5. The normalized spacial score (nSPS) is 11.8.